The molecule has 1 aliphatic heterocycles. The fourth-order valence-electron chi connectivity index (χ4n) is 3.49. The van der Waals surface area contributed by atoms with Crippen molar-refractivity contribution in [1.29, 1.82) is 0 Å². The summed E-state index contributed by atoms with van der Waals surface area (Å²) in [5, 5.41) is 22.5. The molecule has 0 spiro atoms. The van der Waals surface area contributed by atoms with Gasteiger partial charge in [0.25, 0.3) is 10.0 Å². The van der Waals surface area contributed by atoms with Crippen LogP contribution in [0.5, 0.6) is 0 Å². The van der Waals surface area contributed by atoms with Crippen LogP contribution in [0.1, 0.15) is 18.4 Å². The second-order valence-electron chi connectivity index (χ2n) is 7.79. The summed E-state index contributed by atoms with van der Waals surface area (Å²) in [6.45, 7) is 0.391. The molecular formula is C22H29N3O7S. The van der Waals surface area contributed by atoms with E-state index in [9.17, 15) is 23.4 Å². The van der Waals surface area contributed by atoms with Gasteiger partial charge in [0.15, 0.2) is 0 Å². The number of anilines is 1. The number of hydrogen-bond acceptors (Lipinski definition) is 7. The van der Waals surface area contributed by atoms with Gasteiger partial charge >= 0.3 is 6.09 Å². The van der Waals surface area contributed by atoms with Crippen molar-refractivity contribution in [2.75, 3.05) is 25.5 Å². The second-order valence-corrected chi connectivity index (χ2v) is 9.62. The Bertz CT molecular complexity index is 996. The zero-order valence-electron chi connectivity index (χ0n) is 18.0. The second kappa shape index (κ2) is 11.4. The summed E-state index contributed by atoms with van der Waals surface area (Å²) in [7, 11) is -4.17. The number of nitrogens with zero attached hydrogens (tertiary/aromatic N) is 1. The molecule has 1 saturated heterocycles. The van der Waals surface area contributed by atoms with Crippen LogP contribution in [0.15, 0.2) is 59.5 Å². The number of hydroxylamine groups is 1. The zero-order valence-corrected chi connectivity index (χ0v) is 18.9. The average molecular weight is 480 g/mol. The predicted molar refractivity (Wildman–Crippen MR) is 121 cm³/mol. The van der Waals surface area contributed by atoms with Crippen LogP contribution in [0.3, 0.4) is 0 Å². The van der Waals surface area contributed by atoms with E-state index in [2.05, 4.69) is 5.32 Å². The number of rotatable bonds is 10. The number of nitrogen functional groups attached to an aromatic ring is 1. The summed E-state index contributed by atoms with van der Waals surface area (Å²) in [5.74, 6) is 0. The van der Waals surface area contributed by atoms with E-state index in [1.807, 2.05) is 6.07 Å². The fraction of sp³-hybridized carbons (Fsp3) is 0.409. The van der Waals surface area contributed by atoms with Crippen molar-refractivity contribution in [2.45, 2.75) is 42.4 Å². The van der Waals surface area contributed by atoms with Gasteiger partial charge in [0.05, 0.1) is 29.7 Å². The Balaban J connectivity index is 1.84. The maximum Gasteiger partial charge on any atom is 0.404 e. The van der Waals surface area contributed by atoms with E-state index in [1.165, 1.54) is 24.3 Å². The molecule has 10 nitrogen and oxygen atoms in total. The van der Waals surface area contributed by atoms with Gasteiger partial charge in [0.1, 0.15) is 0 Å². The van der Waals surface area contributed by atoms with E-state index in [0.29, 0.717) is 31.7 Å². The van der Waals surface area contributed by atoms with Crippen LogP contribution in [0.25, 0.3) is 0 Å². The molecule has 2 unspecified atom stereocenters. The summed E-state index contributed by atoms with van der Waals surface area (Å²) in [5.41, 5.74) is 6.87. The topological polar surface area (TPSA) is 151 Å². The number of nitrogens with two attached hydrogens (primary N) is 1. The fourth-order valence-corrected chi connectivity index (χ4v) is 4.79. The Morgan fingerprint density at radius 1 is 1.15 bits per heavy atom. The molecule has 33 heavy (non-hydrogen) atoms. The first-order chi connectivity index (χ1) is 15.8. The van der Waals surface area contributed by atoms with E-state index in [0.717, 1.165) is 10.0 Å². The number of hydrogen-bond donors (Lipinski definition) is 4. The smallest absolute Gasteiger partial charge is 0.404 e. The first-order valence-corrected chi connectivity index (χ1v) is 12.0. The van der Waals surface area contributed by atoms with Gasteiger partial charge in [-0.1, -0.05) is 34.8 Å². The zero-order chi connectivity index (χ0) is 23.8. The van der Waals surface area contributed by atoms with E-state index in [4.69, 9.17) is 15.3 Å². The molecule has 1 fully saturated rings. The predicted octanol–water partition coefficient (Wildman–Crippen LogP) is 1.61. The van der Waals surface area contributed by atoms with E-state index >= 15 is 0 Å². The first kappa shape index (κ1) is 24.9. The summed E-state index contributed by atoms with van der Waals surface area (Å²) >= 11 is 0. The summed E-state index contributed by atoms with van der Waals surface area (Å²) in [6.07, 6.45) is -1.98. The Morgan fingerprint density at radius 3 is 2.39 bits per heavy atom. The van der Waals surface area contributed by atoms with E-state index in [-0.39, 0.29) is 11.3 Å². The molecule has 0 radical (unpaired) electrons. The Morgan fingerprint density at radius 2 is 1.79 bits per heavy atom. The third-order valence-corrected chi connectivity index (χ3v) is 6.93. The number of aliphatic hydroxyl groups excluding tert-OH is 1. The van der Waals surface area contributed by atoms with Crippen LogP contribution >= 0.6 is 0 Å². The molecule has 1 heterocycles. The van der Waals surface area contributed by atoms with Gasteiger partial charge in [0.2, 0.25) is 0 Å². The largest absolute Gasteiger partial charge is 0.465 e. The molecule has 180 valence electrons. The summed E-state index contributed by atoms with van der Waals surface area (Å²) < 4.78 is 32.7. The SMILES string of the molecule is Nc1ccc(S(=O)(=O)N(CC(O)C(Cc2ccccc2)NC(=O)O)OC2CCOCC2)cc1. The minimum atomic E-state index is -4.17. The van der Waals surface area contributed by atoms with Crippen molar-refractivity contribution in [3.05, 3.63) is 60.2 Å². The number of aliphatic hydroxyl groups is 1. The molecule has 2 atom stereocenters. The molecule has 2 aromatic rings. The lowest BCUT2D eigenvalue weighted by molar-refractivity contribution is -0.170. The molecule has 1 aliphatic rings. The van der Waals surface area contributed by atoms with Crippen molar-refractivity contribution in [3.63, 3.8) is 0 Å². The van der Waals surface area contributed by atoms with Crippen molar-refractivity contribution < 1.29 is 33.0 Å². The number of ether oxygens (including phenoxy) is 1. The average Bonchev–Trinajstić information content (AvgIpc) is 2.79. The lowest BCUT2D eigenvalue weighted by Gasteiger charge is -2.32. The number of carbonyl (C=O) groups is 1. The molecule has 1 amide bonds. The minimum absolute atomic E-state index is 0.0539. The molecule has 3 rings (SSSR count). The van der Waals surface area contributed by atoms with Crippen LogP contribution in [0, 0.1) is 0 Å². The third-order valence-electron chi connectivity index (χ3n) is 5.29. The van der Waals surface area contributed by atoms with Gasteiger partial charge in [0, 0.05) is 18.9 Å². The minimum Gasteiger partial charge on any atom is -0.465 e. The van der Waals surface area contributed by atoms with Crippen LogP contribution in [0.4, 0.5) is 10.5 Å². The van der Waals surface area contributed by atoms with Crippen molar-refractivity contribution in [1.82, 2.24) is 9.79 Å². The molecule has 5 N–H and O–H groups in total. The number of nitrogens with one attached hydrogen (secondary N) is 1. The van der Waals surface area contributed by atoms with Gasteiger partial charge in [-0.25, -0.2) is 13.2 Å². The maximum absolute atomic E-state index is 13.3. The quantitative estimate of drug-likeness (QED) is 0.296. The number of benzene rings is 2. The van der Waals surface area contributed by atoms with Crippen LogP contribution in [-0.4, -0.2) is 67.2 Å². The van der Waals surface area contributed by atoms with Gasteiger partial charge in [-0.3, -0.25) is 4.84 Å². The Hall–Kier alpha value is -2.70. The number of carboxylic acid groups (broad SMARTS) is 1. The van der Waals surface area contributed by atoms with Gasteiger partial charge in [-0.15, -0.1) is 0 Å². The van der Waals surface area contributed by atoms with Gasteiger partial charge in [-0.2, -0.15) is 0 Å². The molecule has 2 aromatic carbocycles. The monoisotopic (exact) mass is 479 g/mol. The van der Waals surface area contributed by atoms with Gasteiger partial charge in [-0.05, 0) is 49.1 Å². The van der Waals surface area contributed by atoms with Crippen molar-refractivity contribution >= 4 is 21.8 Å². The maximum atomic E-state index is 13.3. The first-order valence-electron chi connectivity index (χ1n) is 10.6. The van der Waals surface area contributed by atoms with Crippen molar-refractivity contribution in [3.8, 4) is 0 Å². The van der Waals surface area contributed by atoms with Crippen LogP contribution in [0.2, 0.25) is 0 Å². The van der Waals surface area contributed by atoms with Gasteiger partial charge < -0.3 is 26.0 Å². The Kier molecular flexibility index (Phi) is 8.64. The highest BCUT2D eigenvalue weighted by Crippen LogP contribution is 2.22. The van der Waals surface area contributed by atoms with Crippen LogP contribution in [-0.2, 0) is 26.0 Å². The standard InChI is InChI=1S/C22H29N3O7S/c23-17-6-8-19(9-7-17)33(29,30)25(32-18-10-12-31-13-11-18)15-21(26)20(24-22(27)28)14-16-4-2-1-3-5-16/h1-9,18,20-21,24,26H,10-15,23H2,(H,27,28). The molecule has 11 heteroatoms. The molecule has 0 saturated carbocycles. The third kappa shape index (κ3) is 7.14. The Labute approximate surface area is 192 Å². The highest BCUT2D eigenvalue weighted by atomic mass is 32.2. The summed E-state index contributed by atoms with van der Waals surface area (Å²) in [4.78, 5) is 17.1. The molecule has 0 aromatic heterocycles. The lowest BCUT2D eigenvalue weighted by Crippen LogP contribution is -2.51. The highest BCUT2D eigenvalue weighted by molar-refractivity contribution is 7.89. The molecule has 0 aliphatic carbocycles. The lowest BCUT2D eigenvalue weighted by atomic mass is 10.0. The molecule has 0 bridgehead atoms. The number of sulfonamides is 1. The van der Waals surface area contributed by atoms with Crippen LogP contribution < -0.4 is 11.1 Å². The normalized spacial score (nSPS) is 16.9. The van der Waals surface area contributed by atoms with E-state index in [1.54, 1.807) is 24.3 Å². The van der Waals surface area contributed by atoms with Crippen molar-refractivity contribution in [2.24, 2.45) is 0 Å². The molecular weight excluding hydrogens is 450 g/mol. The summed E-state index contributed by atoms with van der Waals surface area (Å²) in [6, 6.07) is 13.7. The number of amides is 1. The van der Waals surface area contributed by atoms with E-state index < -0.39 is 40.9 Å². The highest BCUT2D eigenvalue weighted by Gasteiger charge is 2.34.